The van der Waals surface area contributed by atoms with Crippen molar-refractivity contribution >= 4 is 38.8 Å². The Morgan fingerprint density at radius 2 is 1.57 bits per heavy atom. The van der Waals surface area contributed by atoms with E-state index in [4.69, 9.17) is 0 Å². The van der Waals surface area contributed by atoms with E-state index in [9.17, 15) is 27.9 Å². The molecular formula is C46H43FN6O6S. The SMILES string of the molecule is C=CCN1CC(=O)N2[C@@H](Cc3ccc(O)cc3)C(=O)N(Cc3cccc4c(C)c(-c5ccccc5F)n(S(=O)(=O)c5ccccc5)c34)C[C@@H]2N1C(=O)NCc1ccccc1. The van der Waals surface area contributed by atoms with Crippen molar-refractivity contribution < 1.29 is 32.3 Å². The number of nitrogens with zero attached hydrogens (tertiary/aromatic N) is 5. The van der Waals surface area contributed by atoms with Crippen molar-refractivity contribution in [2.24, 2.45) is 0 Å². The van der Waals surface area contributed by atoms with E-state index in [1.54, 1.807) is 77.5 Å². The summed E-state index contributed by atoms with van der Waals surface area (Å²) in [6, 6.07) is 33.3. The van der Waals surface area contributed by atoms with E-state index in [-0.39, 0.29) is 72.5 Å². The number of urea groups is 1. The molecule has 2 atom stereocenters. The number of nitrogens with one attached hydrogen (secondary N) is 1. The van der Waals surface area contributed by atoms with E-state index in [0.29, 0.717) is 22.1 Å². The molecule has 60 heavy (non-hydrogen) atoms. The van der Waals surface area contributed by atoms with Crippen molar-refractivity contribution in [3.05, 3.63) is 168 Å². The Morgan fingerprint density at radius 1 is 0.883 bits per heavy atom. The first-order valence-electron chi connectivity index (χ1n) is 19.5. The molecular weight excluding hydrogens is 784 g/mol. The van der Waals surface area contributed by atoms with Crippen LogP contribution in [-0.2, 0) is 39.1 Å². The Kier molecular flexibility index (Phi) is 11.0. The Balaban J connectivity index is 1.26. The first kappa shape index (κ1) is 40.0. The summed E-state index contributed by atoms with van der Waals surface area (Å²) in [5.74, 6) is -1.34. The number of aromatic nitrogens is 1. The van der Waals surface area contributed by atoms with Crippen LogP contribution in [0, 0.1) is 12.7 Å². The second-order valence-electron chi connectivity index (χ2n) is 14.9. The molecule has 8 rings (SSSR count). The van der Waals surface area contributed by atoms with Gasteiger partial charge in [0.2, 0.25) is 11.8 Å². The van der Waals surface area contributed by atoms with Gasteiger partial charge in [-0.1, -0.05) is 97.1 Å². The molecule has 6 aromatic rings. The van der Waals surface area contributed by atoms with Crippen molar-refractivity contribution in [2.75, 3.05) is 19.6 Å². The summed E-state index contributed by atoms with van der Waals surface area (Å²) in [5.41, 5.74) is 3.03. The average molecular weight is 827 g/mol. The largest absolute Gasteiger partial charge is 0.508 e. The molecule has 2 fully saturated rings. The van der Waals surface area contributed by atoms with Gasteiger partial charge in [0.05, 0.1) is 29.2 Å². The van der Waals surface area contributed by atoms with Crippen LogP contribution < -0.4 is 5.32 Å². The van der Waals surface area contributed by atoms with E-state index in [1.807, 2.05) is 30.3 Å². The molecule has 5 aromatic carbocycles. The number of para-hydroxylation sites is 1. The summed E-state index contributed by atoms with van der Waals surface area (Å²) in [6.45, 7) is 5.54. The summed E-state index contributed by atoms with van der Waals surface area (Å²) in [5, 5.41) is 16.6. The molecule has 3 heterocycles. The number of hydrazine groups is 1. The number of aromatic hydroxyl groups is 1. The Bertz CT molecular complexity index is 2710. The molecule has 0 bridgehead atoms. The topological polar surface area (TPSA) is 136 Å². The smallest absolute Gasteiger partial charge is 0.334 e. The molecule has 2 aliphatic rings. The van der Waals surface area contributed by atoms with Crippen molar-refractivity contribution in [3.8, 4) is 17.0 Å². The summed E-state index contributed by atoms with van der Waals surface area (Å²) in [6.07, 6.45) is 0.687. The van der Waals surface area contributed by atoms with Crippen LogP contribution >= 0.6 is 0 Å². The fourth-order valence-electron chi connectivity index (χ4n) is 8.32. The number of amides is 4. The zero-order valence-corrected chi connectivity index (χ0v) is 33.6. The van der Waals surface area contributed by atoms with Crippen molar-refractivity contribution in [3.63, 3.8) is 0 Å². The third-order valence-corrected chi connectivity index (χ3v) is 12.8. The minimum Gasteiger partial charge on any atom is -0.508 e. The number of fused-ring (bicyclic) bond motifs is 2. The van der Waals surface area contributed by atoms with Gasteiger partial charge < -0.3 is 20.2 Å². The molecule has 306 valence electrons. The fraction of sp³-hybridized carbons (Fsp3) is 0.196. The highest BCUT2D eigenvalue weighted by molar-refractivity contribution is 7.90. The maximum absolute atomic E-state index is 15.7. The van der Waals surface area contributed by atoms with E-state index in [1.165, 1.54) is 56.3 Å². The number of halogens is 1. The van der Waals surface area contributed by atoms with Crippen LogP contribution in [0.15, 0.2) is 145 Å². The second-order valence-corrected chi connectivity index (χ2v) is 16.6. The Hall–Kier alpha value is -6.77. The van der Waals surface area contributed by atoms with Gasteiger partial charge in [0.1, 0.15) is 23.8 Å². The third kappa shape index (κ3) is 7.39. The molecule has 0 saturated carbocycles. The lowest BCUT2D eigenvalue weighted by atomic mass is 9.98. The fourth-order valence-corrected chi connectivity index (χ4v) is 9.96. The molecule has 2 aliphatic heterocycles. The van der Waals surface area contributed by atoms with Crippen LogP contribution in [-0.4, -0.2) is 87.0 Å². The standard InChI is InChI=1S/C46H43FN6O6S/c1-3-25-50-30-42(55)51-40(26-32-21-23-35(54)24-22-32)45(56)49(29-41(51)52(50)46(57)48-27-33-13-6-4-7-14-33)28-34-15-12-19-37-31(2)43(38-18-10-11-20-39(38)47)53(44(34)37)60(58,59)36-16-8-5-9-17-36/h3-24,40-41,54H,1,25-30H2,2H3,(H,48,57)/t40-,41-/m0/s1. The van der Waals surface area contributed by atoms with Crippen LogP contribution in [0.5, 0.6) is 5.75 Å². The molecule has 0 radical (unpaired) electrons. The number of phenolic OH excluding ortho intramolecular Hbond substituents is 1. The Labute approximate surface area is 347 Å². The highest BCUT2D eigenvalue weighted by Crippen LogP contribution is 2.40. The second kappa shape index (κ2) is 16.5. The van der Waals surface area contributed by atoms with Gasteiger partial charge in [0.15, 0.2) is 0 Å². The van der Waals surface area contributed by atoms with Gasteiger partial charge >= 0.3 is 6.03 Å². The summed E-state index contributed by atoms with van der Waals surface area (Å²) >= 11 is 0. The molecule has 12 nitrogen and oxygen atoms in total. The lowest BCUT2D eigenvalue weighted by Crippen LogP contribution is -2.76. The van der Waals surface area contributed by atoms with E-state index < -0.39 is 40.0 Å². The van der Waals surface area contributed by atoms with Crippen LogP contribution in [0.25, 0.3) is 22.2 Å². The van der Waals surface area contributed by atoms with Gasteiger partial charge in [-0.2, -0.15) is 0 Å². The number of hydrogen-bond donors (Lipinski definition) is 2. The maximum Gasteiger partial charge on any atom is 0.334 e. The number of aryl methyl sites for hydroxylation is 1. The summed E-state index contributed by atoms with van der Waals surface area (Å²) < 4.78 is 46.5. The average Bonchev–Trinajstić information content (AvgIpc) is 3.56. The molecule has 2 N–H and O–H groups in total. The molecule has 0 spiro atoms. The molecule has 1 aromatic heterocycles. The van der Waals surface area contributed by atoms with E-state index >= 15 is 4.39 Å². The number of rotatable bonds is 11. The van der Waals surface area contributed by atoms with E-state index in [0.717, 1.165) is 5.56 Å². The monoisotopic (exact) mass is 826 g/mol. The highest BCUT2D eigenvalue weighted by Gasteiger charge is 2.51. The van der Waals surface area contributed by atoms with Crippen molar-refractivity contribution in [1.82, 2.24) is 29.1 Å². The minimum absolute atomic E-state index is 0.00636. The third-order valence-electron chi connectivity index (χ3n) is 11.1. The van der Waals surface area contributed by atoms with E-state index in [2.05, 4.69) is 11.9 Å². The van der Waals surface area contributed by atoms with Crippen molar-refractivity contribution in [1.29, 1.82) is 0 Å². The number of phenols is 1. The predicted octanol–water partition coefficient (Wildman–Crippen LogP) is 6.44. The zero-order chi connectivity index (χ0) is 42.1. The first-order valence-corrected chi connectivity index (χ1v) is 20.9. The number of piperazine rings is 1. The minimum atomic E-state index is -4.37. The lowest BCUT2D eigenvalue weighted by molar-refractivity contribution is -0.189. The number of benzene rings is 5. The first-order chi connectivity index (χ1) is 29.0. The number of carbonyl (C=O) groups excluding carboxylic acids is 3. The quantitative estimate of drug-likeness (QED) is 0.144. The normalized spacial score (nSPS) is 17.2. The molecule has 4 amide bonds. The van der Waals surface area contributed by atoms with Crippen LogP contribution in [0.4, 0.5) is 9.18 Å². The van der Waals surface area contributed by atoms with Crippen LogP contribution in [0.3, 0.4) is 0 Å². The van der Waals surface area contributed by atoms with Crippen molar-refractivity contribution in [2.45, 2.75) is 43.5 Å². The van der Waals surface area contributed by atoms with Crippen LogP contribution in [0.2, 0.25) is 0 Å². The molecule has 0 unspecified atom stereocenters. The predicted molar refractivity (Wildman–Crippen MR) is 225 cm³/mol. The number of carbonyl (C=O) groups is 3. The van der Waals surface area contributed by atoms with Gasteiger partial charge in [-0.3, -0.25) is 9.59 Å². The Morgan fingerprint density at radius 3 is 2.27 bits per heavy atom. The number of hydrogen-bond acceptors (Lipinski definition) is 7. The molecule has 2 saturated heterocycles. The molecule has 14 heteroatoms. The zero-order valence-electron chi connectivity index (χ0n) is 32.8. The van der Waals surface area contributed by atoms with Crippen LogP contribution in [0.1, 0.15) is 22.3 Å². The van der Waals surface area contributed by atoms with Gasteiger partial charge in [0, 0.05) is 37.0 Å². The summed E-state index contributed by atoms with van der Waals surface area (Å²) in [7, 11) is -4.37. The highest BCUT2D eigenvalue weighted by atomic mass is 32.2. The van der Waals surface area contributed by atoms with Gasteiger partial charge in [-0.15, -0.1) is 6.58 Å². The molecule has 0 aliphatic carbocycles. The summed E-state index contributed by atoms with van der Waals surface area (Å²) in [4.78, 5) is 46.4. The van der Waals surface area contributed by atoms with Gasteiger partial charge in [-0.05, 0) is 65.6 Å². The lowest BCUT2D eigenvalue weighted by Gasteiger charge is -2.55. The maximum atomic E-state index is 15.7. The van der Waals surface area contributed by atoms with Gasteiger partial charge in [0.25, 0.3) is 10.0 Å². The van der Waals surface area contributed by atoms with Gasteiger partial charge in [-0.25, -0.2) is 31.6 Å².